The first-order valence-corrected chi connectivity index (χ1v) is 5.68. The van der Waals surface area contributed by atoms with Crippen molar-refractivity contribution in [1.82, 2.24) is 0 Å². The quantitative estimate of drug-likeness (QED) is 0.489. The minimum absolute atomic E-state index is 1.20. The van der Waals surface area contributed by atoms with Crippen LogP contribution in [0.15, 0.2) is 46.7 Å². The summed E-state index contributed by atoms with van der Waals surface area (Å²) in [5.74, 6) is 0. The topological polar surface area (TPSA) is 0 Å². The monoisotopic (exact) mass is 192 g/mol. The number of thioether (sulfide) groups is 1. The van der Waals surface area contributed by atoms with Crippen molar-refractivity contribution in [2.75, 3.05) is 0 Å². The second-order valence-corrected chi connectivity index (χ2v) is 3.92. The van der Waals surface area contributed by atoms with E-state index in [9.17, 15) is 0 Å². The Balaban J connectivity index is 2.23. The predicted octanol–water partition coefficient (Wildman–Crippen LogP) is 4.48. The Labute approximate surface area is 85.1 Å². The molecule has 0 atom stereocenters. The van der Waals surface area contributed by atoms with Gasteiger partial charge >= 0.3 is 0 Å². The maximum Gasteiger partial charge on any atom is 0.0116 e. The highest BCUT2D eigenvalue weighted by Crippen LogP contribution is 2.18. The van der Waals surface area contributed by atoms with Crippen LogP contribution in [0.5, 0.6) is 0 Å². The van der Waals surface area contributed by atoms with E-state index in [1.807, 2.05) is 6.07 Å². The van der Waals surface area contributed by atoms with E-state index < -0.39 is 0 Å². The summed E-state index contributed by atoms with van der Waals surface area (Å²) >= 11 is 1.79. The van der Waals surface area contributed by atoms with Gasteiger partial charge in [-0.25, -0.2) is 0 Å². The molecule has 1 aromatic rings. The zero-order valence-electron chi connectivity index (χ0n) is 8.07. The number of rotatable bonds is 5. The molecule has 0 radical (unpaired) electrons. The molecule has 0 aliphatic carbocycles. The molecule has 0 aliphatic rings. The molecule has 70 valence electrons. The van der Waals surface area contributed by atoms with Crippen LogP contribution in [0.25, 0.3) is 0 Å². The molecule has 1 heteroatoms. The number of benzene rings is 1. The molecule has 13 heavy (non-hydrogen) atoms. The van der Waals surface area contributed by atoms with Crippen molar-refractivity contribution < 1.29 is 0 Å². The van der Waals surface area contributed by atoms with Crippen LogP contribution in [0.4, 0.5) is 0 Å². The summed E-state index contributed by atoms with van der Waals surface area (Å²) in [4.78, 5) is 1.32. The van der Waals surface area contributed by atoms with Crippen LogP contribution >= 0.6 is 11.8 Å². The van der Waals surface area contributed by atoms with Crippen molar-refractivity contribution in [1.29, 1.82) is 0 Å². The van der Waals surface area contributed by atoms with Gasteiger partial charge in [0.25, 0.3) is 0 Å². The lowest BCUT2D eigenvalue weighted by Crippen LogP contribution is -1.67. The Morgan fingerprint density at radius 1 is 1.23 bits per heavy atom. The fourth-order valence-corrected chi connectivity index (χ4v) is 1.72. The normalized spacial score (nSPS) is 10.8. The average Bonchev–Trinajstić information content (AvgIpc) is 2.19. The summed E-state index contributed by atoms with van der Waals surface area (Å²) in [5.41, 5.74) is 0. The minimum Gasteiger partial charge on any atom is -0.0984 e. The van der Waals surface area contributed by atoms with E-state index in [2.05, 4.69) is 42.7 Å². The molecule has 0 amide bonds. The van der Waals surface area contributed by atoms with Gasteiger partial charge in [0.05, 0.1) is 0 Å². The molecular weight excluding hydrogens is 176 g/mol. The van der Waals surface area contributed by atoms with Crippen molar-refractivity contribution >= 4 is 11.8 Å². The Morgan fingerprint density at radius 2 is 2.00 bits per heavy atom. The van der Waals surface area contributed by atoms with Crippen LogP contribution in [0, 0.1) is 0 Å². The van der Waals surface area contributed by atoms with Crippen molar-refractivity contribution in [3.63, 3.8) is 0 Å². The maximum absolute atomic E-state index is 2.25. The van der Waals surface area contributed by atoms with E-state index in [1.165, 1.54) is 24.2 Å². The Morgan fingerprint density at radius 3 is 2.69 bits per heavy atom. The average molecular weight is 192 g/mol. The molecule has 0 heterocycles. The Kier molecular flexibility index (Phi) is 5.42. The number of allylic oxidation sites excluding steroid dienone is 1. The Bertz CT molecular complexity index is 239. The fraction of sp³-hybridized carbons (Fsp3) is 0.333. The van der Waals surface area contributed by atoms with Crippen LogP contribution in [0.1, 0.15) is 26.2 Å². The van der Waals surface area contributed by atoms with E-state index >= 15 is 0 Å². The first kappa shape index (κ1) is 10.4. The molecule has 0 saturated heterocycles. The maximum atomic E-state index is 2.25. The van der Waals surface area contributed by atoms with Crippen molar-refractivity contribution in [3.05, 3.63) is 41.8 Å². The number of hydrogen-bond donors (Lipinski definition) is 0. The molecular formula is C12H16S. The molecule has 0 aromatic heterocycles. The SMILES string of the molecule is CCCCC=CSc1ccccc1. The molecule has 0 nitrogen and oxygen atoms in total. The highest BCUT2D eigenvalue weighted by atomic mass is 32.2. The number of unbranched alkanes of at least 4 members (excludes halogenated alkanes) is 2. The highest BCUT2D eigenvalue weighted by molar-refractivity contribution is 8.02. The minimum atomic E-state index is 1.20. The van der Waals surface area contributed by atoms with Gasteiger partial charge in [-0.05, 0) is 24.0 Å². The first-order valence-electron chi connectivity index (χ1n) is 4.80. The highest BCUT2D eigenvalue weighted by Gasteiger charge is 1.85. The molecule has 0 spiro atoms. The van der Waals surface area contributed by atoms with Crippen LogP contribution in [-0.2, 0) is 0 Å². The van der Waals surface area contributed by atoms with Gasteiger partial charge in [-0.3, -0.25) is 0 Å². The molecule has 0 bridgehead atoms. The van der Waals surface area contributed by atoms with Crippen molar-refractivity contribution in [2.24, 2.45) is 0 Å². The van der Waals surface area contributed by atoms with Gasteiger partial charge in [-0.15, -0.1) is 0 Å². The molecule has 0 unspecified atom stereocenters. The summed E-state index contributed by atoms with van der Waals surface area (Å²) in [6.07, 6.45) is 6.03. The summed E-state index contributed by atoms with van der Waals surface area (Å²) in [7, 11) is 0. The van der Waals surface area contributed by atoms with Gasteiger partial charge in [-0.1, -0.05) is 55.8 Å². The molecule has 0 saturated carbocycles. The molecule has 0 fully saturated rings. The molecule has 1 rings (SSSR count). The van der Waals surface area contributed by atoms with Gasteiger partial charge in [0.1, 0.15) is 0 Å². The molecule has 0 aliphatic heterocycles. The summed E-state index contributed by atoms with van der Waals surface area (Å²) in [6, 6.07) is 10.5. The second kappa shape index (κ2) is 6.79. The standard InChI is InChI=1S/C12H16S/c1-2-3-4-8-11-13-12-9-6-5-7-10-12/h5-11H,2-4H2,1H3. The van der Waals surface area contributed by atoms with Crippen LogP contribution in [0.3, 0.4) is 0 Å². The lowest BCUT2D eigenvalue weighted by Gasteiger charge is -1.93. The fourth-order valence-electron chi connectivity index (χ4n) is 1.02. The third-order valence-electron chi connectivity index (χ3n) is 1.77. The summed E-state index contributed by atoms with van der Waals surface area (Å²) in [5, 5.41) is 2.19. The third kappa shape index (κ3) is 4.79. The Hall–Kier alpha value is -0.690. The van der Waals surface area contributed by atoms with Gasteiger partial charge in [-0.2, -0.15) is 0 Å². The smallest absolute Gasteiger partial charge is 0.0116 e. The first-order chi connectivity index (χ1) is 6.43. The van der Waals surface area contributed by atoms with Gasteiger partial charge in [0.15, 0.2) is 0 Å². The zero-order chi connectivity index (χ0) is 9.36. The predicted molar refractivity (Wildman–Crippen MR) is 61.0 cm³/mol. The van der Waals surface area contributed by atoms with E-state index in [1.54, 1.807) is 11.8 Å². The largest absolute Gasteiger partial charge is 0.0984 e. The van der Waals surface area contributed by atoms with Gasteiger partial charge in [0, 0.05) is 4.90 Å². The molecule has 1 aromatic carbocycles. The zero-order valence-corrected chi connectivity index (χ0v) is 8.89. The van der Waals surface area contributed by atoms with Gasteiger partial charge < -0.3 is 0 Å². The van der Waals surface area contributed by atoms with Crippen LogP contribution in [0.2, 0.25) is 0 Å². The third-order valence-corrected chi connectivity index (χ3v) is 2.64. The van der Waals surface area contributed by atoms with E-state index in [0.29, 0.717) is 0 Å². The second-order valence-electron chi connectivity index (χ2n) is 2.94. The van der Waals surface area contributed by atoms with Crippen LogP contribution in [-0.4, -0.2) is 0 Å². The molecule has 0 N–H and O–H groups in total. The van der Waals surface area contributed by atoms with Crippen molar-refractivity contribution in [2.45, 2.75) is 31.1 Å². The van der Waals surface area contributed by atoms with Crippen LogP contribution < -0.4 is 0 Å². The van der Waals surface area contributed by atoms with Crippen molar-refractivity contribution in [3.8, 4) is 0 Å². The lowest BCUT2D eigenvalue weighted by atomic mass is 10.2. The lowest BCUT2D eigenvalue weighted by molar-refractivity contribution is 0.815. The summed E-state index contributed by atoms with van der Waals surface area (Å²) < 4.78 is 0. The number of hydrogen-bond acceptors (Lipinski definition) is 1. The van der Waals surface area contributed by atoms with Gasteiger partial charge in [0.2, 0.25) is 0 Å². The summed E-state index contributed by atoms with van der Waals surface area (Å²) in [6.45, 7) is 2.22. The van der Waals surface area contributed by atoms with E-state index in [-0.39, 0.29) is 0 Å². The van der Waals surface area contributed by atoms with E-state index in [4.69, 9.17) is 0 Å². The van der Waals surface area contributed by atoms with E-state index in [0.717, 1.165) is 0 Å².